The molecule has 1 aromatic heterocycles. The van der Waals surface area contributed by atoms with Gasteiger partial charge in [0.2, 0.25) is 5.69 Å². The number of nitrogens with zero attached hydrogens (tertiary/aromatic N) is 2. The van der Waals surface area contributed by atoms with Gasteiger partial charge in [-0.25, -0.2) is 10.0 Å². The van der Waals surface area contributed by atoms with Crippen molar-refractivity contribution in [3.63, 3.8) is 0 Å². The van der Waals surface area contributed by atoms with Crippen molar-refractivity contribution in [1.29, 1.82) is 0 Å². The molecule has 1 fully saturated rings. The van der Waals surface area contributed by atoms with E-state index in [1.54, 1.807) is 20.8 Å². The molecule has 0 saturated carbocycles. The first-order chi connectivity index (χ1) is 14.0. The summed E-state index contributed by atoms with van der Waals surface area (Å²) in [7, 11) is 0. The van der Waals surface area contributed by atoms with E-state index in [1.165, 1.54) is 13.1 Å². The number of alkyl carbamates (subject to hydrolysis) is 1. The molecule has 0 aromatic carbocycles. The molecule has 3 atom stereocenters. The fraction of sp³-hybridized carbons (Fsp3) is 0.650. The molecule has 2 aliphatic rings. The number of aromatic nitrogens is 1. The number of anilines is 1. The van der Waals surface area contributed by atoms with Crippen LogP contribution < -0.4 is 15.4 Å². The summed E-state index contributed by atoms with van der Waals surface area (Å²) in [5.41, 5.74) is 1.56. The molecule has 30 heavy (non-hydrogen) atoms. The Morgan fingerprint density at radius 1 is 1.37 bits per heavy atom. The minimum Gasteiger partial charge on any atom is -0.595 e. The fourth-order valence-corrected chi connectivity index (χ4v) is 4.10. The second-order valence-electron chi connectivity index (χ2n) is 8.76. The highest BCUT2D eigenvalue weighted by Crippen LogP contribution is 2.41. The number of hydrogen-bond donors (Lipinski definition) is 3. The highest BCUT2D eigenvalue weighted by atomic mass is 16.8. The lowest BCUT2D eigenvalue weighted by Gasteiger charge is -2.36. The molecule has 0 spiro atoms. The van der Waals surface area contributed by atoms with Crippen molar-refractivity contribution in [3.05, 3.63) is 22.7 Å². The maximum Gasteiger partial charge on any atom is 0.407 e. The number of ether oxygens (including phenoxy) is 2. The summed E-state index contributed by atoms with van der Waals surface area (Å²) < 4.78 is 10.7. The van der Waals surface area contributed by atoms with Crippen LogP contribution in [0.2, 0.25) is 0 Å². The Kier molecular flexibility index (Phi) is 6.49. The average Bonchev–Trinajstić information content (AvgIpc) is 3.01. The number of quaternary nitrogens is 1. The van der Waals surface area contributed by atoms with Crippen LogP contribution in [0.1, 0.15) is 64.3 Å². The van der Waals surface area contributed by atoms with E-state index in [-0.39, 0.29) is 11.7 Å². The Balaban J connectivity index is 1.84. The molecule has 2 heterocycles. The van der Waals surface area contributed by atoms with Gasteiger partial charge in [0.15, 0.2) is 0 Å². The zero-order valence-corrected chi connectivity index (χ0v) is 17.9. The standard InChI is InChI=1S/C20H30N4O6/c1-12(25)29-16-8-7-14-17(16)21-10-15(24(27)28)18(14)23-9-5-6-13(11-23)22-19(26)30-20(2,3)4/h10,13,16,24,27H,5-9,11H2,1-4H3,(H,22,26)/t13-,16?/m0/s1. The fourth-order valence-electron chi connectivity index (χ4n) is 4.10. The lowest BCUT2D eigenvalue weighted by atomic mass is 10.0. The van der Waals surface area contributed by atoms with Gasteiger partial charge >= 0.3 is 12.1 Å². The Bertz CT molecular complexity index is 807. The molecule has 1 aliphatic heterocycles. The van der Waals surface area contributed by atoms with Crippen molar-refractivity contribution < 1.29 is 29.5 Å². The molecule has 0 radical (unpaired) electrons. The third-order valence-electron chi connectivity index (χ3n) is 5.14. The number of esters is 1. The number of piperidine rings is 1. The number of rotatable bonds is 4. The van der Waals surface area contributed by atoms with Gasteiger partial charge in [-0.05, 0) is 46.5 Å². The minimum atomic E-state index is -1.06. The van der Waals surface area contributed by atoms with Crippen molar-refractivity contribution in [1.82, 2.24) is 10.3 Å². The van der Waals surface area contributed by atoms with Gasteiger partial charge in [-0.2, -0.15) is 5.23 Å². The molecule has 3 rings (SSSR count). The van der Waals surface area contributed by atoms with Gasteiger partial charge < -0.3 is 24.9 Å². The van der Waals surface area contributed by atoms with Gasteiger partial charge in [-0.15, -0.1) is 0 Å². The molecule has 10 heteroatoms. The molecular weight excluding hydrogens is 392 g/mol. The van der Waals surface area contributed by atoms with Crippen molar-refractivity contribution in [2.24, 2.45) is 0 Å². The Hall–Kier alpha value is -2.43. The van der Waals surface area contributed by atoms with Crippen LogP contribution in [-0.2, 0) is 20.7 Å². The van der Waals surface area contributed by atoms with E-state index < -0.39 is 29.0 Å². The van der Waals surface area contributed by atoms with Gasteiger partial charge in [0, 0.05) is 31.6 Å². The average molecular weight is 422 g/mol. The first kappa shape index (κ1) is 22.3. The zero-order chi connectivity index (χ0) is 22.1. The van der Waals surface area contributed by atoms with Crippen LogP contribution in [0.5, 0.6) is 0 Å². The van der Waals surface area contributed by atoms with E-state index in [2.05, 4.69) is 10.3 Å². The number of carbonyl (C=O) groups is 2. The van der Waals surface area contributed by atoms with Crippen molar-refractivity contribution in [2.45, 2.75) is 71.1 Å². The molecule has 10 nitrogen and oxygen atoms in total. The van der Waals surface area contributed by atoms with Gasteiger partial charge in [-0.1, -0.05) is 0 Å². The predicted molar refractivity (Wildman–Crippen MR) is 107 cm³/mol. The lowest BCUT2D eigenvalue weighted by molar-refractivity contribution is -0.991. The number of fused-ring (bicyclic) bond motifs is 1. The number of carbonyl (C=O) groups excluding carboxylic acids is 2. The van der Waals surface area contributed by atoms with Crippen LogP contribution in [-0.4, -0.2) is 47.0 Å². The molecule has 1 aliphatic carbocycles. The topological polar surface area (TPSA) is 128 Å². The summed E-state index contributed by atoms with van der Waals surface area (Å²) in [6, 6.07) is -0.162. The van der Waals surface area contributed by atoms with Crippen LogP contribution in [0.4, 0.5) is 16.2 Å². The normalized spacial score (nSPS) is 22.3. The van der Waals surface area contributed by atoms with Crippen LogP contribution >= 0.6 is 0 Å². The lowest BCUT2D eigenvalue weighted by Crippen LogP contribution is -2.99. The second-order valence-corrected chi connectivity index (χ2v) is 8.76. The van der Waals surface area contributed by atoms with E-state index in [4.69, 9.17) is 9.47 Å². The van der Waals surface area contributed by atoms with Crippen molar-refractivity contribution in [3.8, 4) is 0 Å². The monoisotopic (exact) mass is 422 g/mol. The number of nitrogens with one attached hydrogen (secondary N) is 2. The maximum atomic E-state index is 12.2. The summed E-state index contributed by atoms with van der Waals surface area (Å²) in [4.78, 5) is 29.9. The Labute approximate surface area is 175 Å². The number of hydrogen-bond acceptors (Lipinski definition) is 8. The highest BCUT2D eigenvalue weighted by molar-refractivity contribution is 5.71. The first-order valence-electron chi connectivity index (χ1n) is 10.2. The third kappa shape index (κ3) is 5.18. The molecular formula is C20H30N4O6. The molecule has 166 valence electrons. The van der Waals surface area contributed by atoms with Crippen molar-refractivity contribution >= 4 is 23.4 Å². The molecule has 1 amide bonds. The smallest absolute Gasteiger partial charge is 0.407 e. The summed E-state index contributed by atoms with van der Waals surface area (Å²) in [6.07, 6.45) is 3.12. The summed E-state index contributed by atoms with van der Waals surface area (Å²) in [5.74, 6) is -0.391. The van der Waals surface area contributed by atoms with Gasteiger partial charge in [0.05, 0.1) is 11.9 Å². The van der Waals surface area contributed by atoms with Crippen LogP contribution in [0.15, 0.2) is 6.20 Å². The van der Waals surface area contributed by atoms with E-state index in [0.29, 0.717) is 37.3 Å². The predicted octanol–water partition coefficient (Wildman–Crippen LogP) is 1.53. The molecule has 1 saturated heterocycles. The molecule has 3 N–H and O–H groups in total. The Morgan fingerprint density at radius 3 is 2.73 bits per heavy atom. The molecule has 0 bridgehead atoms. The van der Waals surface area contributed by atoms with Crippen molar-refractivity contribution in [2.75, 3.05) is 18.0 Å². The number of amides is 1. The van der Waals surface area contributed by atoms with Crippen LogP contribution in [0.3, 0.4) is 0 Å². The highest BCUT2D eigenvalue weighted by Gasteiger charge is 2.35. The SMILES string of the molecule is CC(=O)OC1CCc2c1ncc([NH+]([O-])O)c2N1CCC[C@H](NC(=O)OC(C)(C)C)C1. The van der Waals surface area contributed by atoms with E-state index >= 15 is 0 Å². The van der Waals surface area contributed by atoms with E-state index in [9.17, 15) is 20.0 Å². The molecule has 1 aromatic rings. The summed E-state index contributed by atoms with van der Waals surface area (Å²) >= 11 is 0. The summed E-state index contributed by atoms with van der Waals surface area (Å²) in [5, 5.41) is 23.5. The minimum absolute atomic E-state index is 0.121. The largest absolute Gasteiger partial charge is 0.595 e. The van der Waals surface area contributed by atoms with Gasteiger partial charge in [-0.3, -0.25) is 9.78 Å². The maximum absolute atomic E-state index is 12.2. The summed E-state index contributed by atoms with van der Waals surface area (Å²) in [6.45, 7) is 7.90. The van der Waals surface area contributed by atoms with E-state index in [1.807, 2.05) is 4.90 Å². The third-order valence-corrected chi connectivity index (χ3v) is 5.14. The molecule has 2 unspecified atom stereocenters. The van der Waals surface area contributed by atoms with Crippen LogP contribution in [0.25, 0.3) is 0 Å². The van der Waals surface area contributed by atoms with Gasteiger partial charge in [0.25, 0.3) is 0 Å². The first-order valence-corrected chi connectivity index (χ1v) is 10.2. The quantitative estimate of drug-likeness (QED) is 0.492. The second kappa shape index (κ2) is 8.75. The van der Waals surface area contributed by atoms with E-state index in [0.717, 1.165) is 18.4 Å². The number of pyridine rings is 1. The van der Waals surface area contributed by atoms with Crippen LogP contribution in [0, 0.1) is 5.21 Å². The Morgan fingerprint density at radius 2 is 2.10 bits per heavy atom. The zero-order valence-electron chi connectivity index (χ0n) is 17.9. The van der Waals surface area contributed by atoms with Gasteiger partial charge in [0.1, 0.15) is 17.4 Å².